The van der Waals surface area contributed by atoms with E-state index in [4.69, 9.17) is 9.47 Å². The van der Waals surface area contributed by atoms with E-state index >= 15 is 0 Å². The van der Waals surface area contributed by atoms with Crippen LogP contribution in [0.4, 0.5) is 0 Å². The fourth-order valence-corrected chi connectivity index (χ4v) is 1.57. The molecule has 0 aliphatic carbocycles. The number of hydrogen-bond donors (Lipinski definition) is 2. The van der Waals surface area contributed by atoms with Gasteiger partial charge in [0.25, 0.3) is 0 Å². The maximum atomic E-state index is 11.4. The van der Waals surface area contributed by atoms with Crippen LogP contribution in [0.5, 0.6) is 0 Å². The van der Waals surface area contributed by atoms with Crippen LogP contribution in [0.2, 0.25) is 0 Å². The molecule has 6 heteroatoms. The predicted molar refractivity (Wildman–Crippen MR) is 91.1 cm³/mol. The number of hydrogen-bond acceptors (Lipinski definition) is 6. The van der Waals surface area contributed by atoms with Crippen LogP contribution >= 0.6 is 0 Å². The van der Waals surface area contributed by atoms with Crippen LogP contribution in [0.3, 0.4) is 0 Å². The molecule has 132 valence electrons. The lowest BCUT2D eigenvalue weighted by Gasteiger charge is -2.11. The summed E-state index contributed by atoms with van der Waals surface area (Å²) in [6.45, 7) is 13.1. The minimum atomic E-state index is -0.381. The van der Waals surface area contributed by atoms with Crippen molar-refractivity contribution in [1.29, 1.82) is 0 Å². The van der Waals surface area contributed by atoms with Crippen molar-refractivity contribution in [2.24, 2.45) is 0 Å². The number of carbonyl (C=O) groups is 2. The monoisotopic (exact) mass is 326 g/mol. The van der Waals surface area contributed by atoms with Gasteiger partial charge in [-0.3, -0.25) is 0 Å². The average Bonchev–Trinajstić information content (AvgIpc) is 2.47. The Hall–Kier alpha value is -1.66. The van der Waals surface area contributed by atoms with Gasteiger partial charge in [-0.25, -0.2) is 9.59 Å². The summed E-state index contributed by atoms with van der Waals surface area (Å²) < 4.78 is 10.0. The van der Waals surface area contributed by atoms with E-state index in [9.17, 15) is 9.59 Å². The third-order valence-corrected chi connectivity index (χ3v) is 2.82. The van der Waals surface area contributed by atoms with Gasteiger partial charge in [-0.2, -0.15) is 0 Å². The summed E-state index contributed by atoms with van der Waals surface area (Å²) >= 11 is 0. The Kier molecular flexibility index (Phi) is 11.9. The van der Waals surface area contributed by atoms with E-state index in [1.807, 2.05) is 20.8 Å². The molecule has 0 heterocycles. The summed E-state index contributed by atoms with van der Waals surface area (Å²) in [5, 5.41) is 6.36. The number of rotatable bonds is 12. The van der Waals surface area contributed by atoms with Gasteiger partial charge in [0.2, 0.25) is 0 Å². The predicted octanol–water partition coefficient (Wildman–Crippen LogP) is 1.57. The summed E-state index contributed by atoms with van der Waals surface area (Å²) in [6, 6.07) is 0.552. The molecule has 6 nitrogen and oxygen atoms in total. The Labute approximate surface area is 139 Å². The maximum Gasteiger partial charge on any atom is 0.333 e. The lowest BCUT2D eigenvalue weighted by Crippen LogP contribution is -2.29. The number of ether oxygens (including phenoxy) is 2. The molecule has 0 aromatic rings. The first-order valence-electron chi connectivity index (χ1n) is 7.95. The van der Waals surface area contributed by atoms with E-state index in [1.165, 1.54) is 6.08 Å². The molecular weight excluding hydrogens is 296 g/mol. The first-order valence-corrected chi connectivity index (χ1v) is 7.95. The zero-order valence-corrected chi connectivity index (χ0v) is 14.7. The number of nitrogens with one attached hydrogen (secondary N) is 2. The van der Waals surface area contributed by atoms with Crippen molar-refractivity contribution in [3.05, 3.63) is 24.3 Å². The van der Waals surface area contributed by atoms with Crippen molar-refractivity contribution < 1.29 is 19.1 Å². The molecule has 0 saturated carbocycles. The van der Waals surface area contributed by atoms with Gasteiger partial charge in [0.1, 0.15) is 13.2 Å². The van der Waals surface area contributed by atoms with Crippen LogP contribution in [-0.2, 0) is 19.1 Å². The van der Waals surface area contributed by atoms with Crippen LogP contribution < -0.4 is 10.6 Å². The second-order valence-electron chi connectivity index (χ2n) is 5.69. The van der Waals surface area contributed by atoms with Gasteiger partial charge >= 0.3 is 11.9 Å². The Morgan fingerprint density at radius 2 is 1.70 bits per heavy atom. The summed E-state index contributed by atoms with van der Waals surface area (Å²) in [4.78, 5) is 22.6. The highest BCUT2D eigenvalue weighted by Crippen LogP contribution is 1.95. The van der Waals surface area contributed by atoms with E-state index in [0.717, 1.165) is 0 Å². The molecule has 1 unspecified atom stereocenters. The Morgan fingerprint density at radius 3 is 2.30 bits per heavy atom. The zero-order valence-electron chi connectivity index (χ0n) is 14.7. The summed E-state index contributed by atoms with van der Waals surface area (Å²) in [7, 11) is 0. The van der Waals surface area contributed by atoms with Crippen molar-refractivity contribution >= 4 is 11.9 Å². The molecule has 0 saturated heterocycles. The second kappa shape index (κ2) is 12.8. The Balaban J connectivity index is 3.67. The van der Waals surface area contributed by atoms with Crippen molar-refractivity contribution in [2.75, 3.05) is 26.3 Å². The highest BCUT2D eigenvalue weighted by atomic mass is 16.5. The van der Waals surface area contributed by atoms with Gasteiger partial charge < -0.3 is 20.1 Å². The first-order chi connectivity index (χ1) is 10.8. The van der Waals surface area contributed by atoms with Gasteiger partial charge in [0.05, 0.1) is 0 Å². The quantitative estimate of drug-likeness (QED) is 0.322. The SMILES string of the molecule is C=C(C)C(=O)OCCNC(C)C/C=C\C(=O)OCCNC(C)C. The average molecular weight is 326 g/mol. The molecule has 0 bridgehead atoms. The standard InChI is InChI=1S/C17H30N2O4/c1-13(2)17(21)23-12-10-19-15(5)7-6-8-16(20)22-11-9-18-14(3)4/h6,8,14-15,18-19H,1,7,9-12H2,2-5H3/b8-6-. The highest BCUT2D eigenvalue weighted by Gasteiger charge is 2.04. The van der Waals surface area contributed by atoms with E-state index < -0.39 is 0 Å². The summed E-state index contributed by atoms with van der Waals surface area (Å²) in [5.74, 6) is -0.716. The van der Waals surface area contributed by atoms with Crippen LogP contribution in [-0.4, -0.2) is 50.3 Å². The largest absolute Gasteiger partial charge is 0.461 e. The van der Waals surface area contributed by atoms with Gasteiger partial charge in [0.15, 0.2) is 0 Å². The topological polar surface area (TPSA) is 76.7 Å². The van der Waals surface area contributed by atoms with Crippen LogP contribution in [0.15, 0.2) is 24.3 Å². The molecule has 23 heavy (non-hydrogen) atoms. The molecule has 0 aromatic carbocycles. The minimum absolute atomic E-state index is 0.171. The van der Waals surface area contributed by atoms with E-state index in [2.05, 4.69) is 17.2 Å². The summed E-state index contributed by atoms with van der Waals surface area (Å²) in [6.07, 6.45) is 3.90. The first kappa shape index (κ1) is 21.3. The van der Waals surface area contributed by atoms with E-state index in [1.54, 1.807) is 13.0 Å². The van der Waals surface area contributed by atoms with Crippen LogP contribution in [0.25, 0.3) is 0 Å². The maximum absolute atomic E-state index is 11.4. The normalized spacial score (nSPS) is 12.4. The van der Waals surface area contributed by atoms with Crippen LogP contribution in [0, 0.1) is 0 Å². The van der Waals surface area contributed by atoms with Crippen molar-refractivity contribution in [2.45, 2.75) is 46.2 Å². The third-order valence-electron chi connectivity index (χ3n) is 2.82. The molecular formula is C17H30N2O4. The highest BCUT2D eigenvalue weighted by molar-refractivity contribution is 5.86. The molecule has 0 spiro atoms. The van der Waals surface area contributed by atoms with Crippen LogP contribution in [0.1, 0.15) is 34.1 Å². The molecule has 0 fully saturated rings. The lowest BCUT2D eigenvalue weighted by atomic mass is 10.2. The number of carbonyl (C=O) groups excluding carboxylic acids is 2. The minimum Gasteiger partial charge on any atom is -0.461 e. The molecule has 0 rings (SSSR count). The van der Waals surface area contributed by atoms with Gasteiger partial charge in [-0.1, -0.05) is 26.5 Å². The molecule has 0 aliphatic rings. The van der Waals surface area contributed by atoms with Crippen molar-refractivity contribution in [3.63, 3.8) is 0 Å². The zero-order chi connectivity index (χ0) is 17.7. The van der Waals surface area contributed by atoms with Crippen molar-refractivity contribution in [3.8, 4) is 0 Å². The molecule has 2 N–H and O–H groups in total. The fraction of sp³-hybridized carbons (Fsp3) is 0.647. The Bertz CT molecular complexity index is 405. The second-order valence-corrected chi connectivity index (χ2v) is 5.69. The lowest BCUT2D eigenvalue weighted by molar-refractivity contribution is -0.139. The third kappa shape index (κ3) is 13.7. The van der Waals surface area contributed by atoms with Gasteiger partial charge in [-0.05, 0) is 20.3 Å². The molecule has 0 aromatic heterocycles. The molecule has 1 atom stereocenters. The van der Waals surface area contributed by atoms with E-state index in [-0.39, 0.29) is 18.0 Å². The smallest absolute Gasteiger partial charge is 0.333 e. The molecule has 0 aliphatic heterocycles. The van der Waals surface area contributed by atoms with E-state index in [0.29, 0.717) is 44.3 Å². The Morgan fingerprint density at radius 1 is 1.09 bits per heavy atom. The van der Waals surface area contributed by atoms with Gasteiger partial charge in [-0.15, -0.1) is 0 Å². The number of esters is 2. The molecule has 0 amide bonds. The van der Waals surface area contributed by atoms with Gasteiger partial charge in [0, 0.05) is 36.8 Å². The van der Waals surface area contributed by atoms with Crippen molar-refractivity contribution in [1.82, 2.24) is 10.6 Å². The molecule has 0 radical (unpaired) electrons. The summed E-state index contributed by atoms with van der Waals surface area (Å²) in [5.41, 5.74) is 0.392. The fourth-order valence-electron chi connectivity index (χ4n) is 1.57.